The van der Waals surface area contributed by atoms with Gasteiger partial charge in [0.15, 0.2) is 8.32 Å². The molecule has 33 heavy (non-hydrogen) atoms. The third-order valence-electron chi connectivity index (χ3n) is 6.01. The highest BCUT2D eigenvalue weighted by Gasteiger charge is 2.37. The molecule has 0 unspecified atom stereocenters. The van der Waals surface area contributed by atoms with Crippen LogP contribution in [0, 0.1) is 9.49 Å². The summed E-state index contributed by atoms with van der Waals surface area (Å²) in [5, 5.41) is 4.88. The average Bonchev–Trinajstić information content (AvgIpc) is 2.86. The van der Waals surface area contributed by atoms with E-state index in [0.717, 1.165) is 9.26 Å². The van der Waals surface area contributed by atoms with E-state index in [1.54, 1.807) is 0 Å². The Morgan fingerprint density at radius 2 is 1.76 bits per heavy atom. The number of hydrogen-bond acceptors (Lipinski definition) is 6. The lowest BCUT2D eigenvalue weighted by molar-refractivity contribution is 0.181. The van der Waals surface area contributed by atoms with Gasteiger partial charge in [-0.1, -0.05) is 27.7 Å². The van der Waals surface area contributed by atoms with Gasteiger partial charge in [-0.2, -0.15) is 8.42 Å². The normalized spacial score (nSPS) is 14.5. The maximum Gasteiger partial charge on any atom is 0.265 e. The van der Waals surface area contributed by atoms with Gasteiger partial charge in [-0.05, 0) is 74.3 Å². The first-order chi connectivity index (χ1) is 14.8. The Kier molecular flexibility index (Phi) is 11.4. The Bertz CT molecular complexity index is 866. The first-order valence-corrected chi connectivity index (χ1v) is 17.2. The molecule has 0 bridgehead atoms. The van der Waals surface area contributed by atoms with Crippen molar-refractivity contribution in [2.75, 3.05) is 18.9 Å². The molecule has 194 valence electrons. The molecule has 1 heterocycles. The third-order valence-corrected chi connectivity index (χ3v) is 12.6. The summed E-state index contributed by atoms with van der Waals surface area (Å²) < 4.78 is 47.2. The maximum absolute atomic E-state index is 11.3. The lowest BCUT2D eigenvalue weighted by Crippen LogP contribution is -2.41. The fourth-order valence-corrected chi connectivity index (χ4v) is 5.69. The van der Waals surface area contributed by atoms with Crippen LogP contribution in [0.25, 0.3) is 0 Å². The first kappa shape index (κ1) is 30.8. The molecule has 0 radical (unpaired) electrons. The summed E-state index contributed by atoms with van der Waals surface area (Å²) in [6, 6.07) is 0.186. The van der Waals surface area contributed by atoms with E-state index in [2.05, 4.69) is 75.2 Å². The van der Waals surface area contributed by atoms with Crippen molar-refractivity contribution in [3.05, 3.63) is 9.26 Å². The summed E-state index contributed by atoms with van der Waals surface area (Å²) in [4.78, 5) is 2.21. The van der Waals surface area contributed by atoms with E-state index < -0.39 is 18.4 Å². The summed E-state index contributed by atoms with van der Waals surface area (Å²) in [5.74, 6) is 0.154. The molecule has 1 rings (SSSR count). The molecule has 0 aromatic carbocycles. The van der Waals surface area contributed by atoms with Gasteiger partial charge in [-0.15, -0.1) is 5.10 Å². The van der Waals surface area contributed by atoms with Crippen LogP contribution in [-0.2, 0) is 27.6 Å². The van der Waals surface area contributed by atoms with Crippen molar-refractivity contribution in [2.24, 2.45) is 5.92 Å². The SMILES string of the molecule is CC(C)Oc1nn(CCO[Si](C)(C)C(C)(C)C)c(CN(C[C@H](C)CS(=O)(=O)O)C(C)C)c1I. The molecule has 0 aliphatic carbocycles. The predicted octanol–water partition coefficient (Wildman–Crippen LogP) is 5.03. The average molecular weight is 618 g/mol. The highest BCUT2D eigenvalue weighted by atomic mass is 127. The van der Waals surface area contributed by atoms with Gasteiger partial charge in [0.25, 0.3) is 10.1 Å². The Morgan fingerprint density at radius 3 is 2.21 bits per heavy atom. The van der Waals surface area contributed by atoms with Gasteiger partial charge in [0.1, 0.15) is 0 Å². The molecule has 0 aliphatic rings. The van der Waals surface area contributed by atoms with Crippen LogP contribution in [-0.4, -0.2) is 67.0 Å². The molecule has 0 saturated heterocycles. The molecule has 1 atom stereocenters. The molecule has 0 fully saturated rings. The molecule has 0 spiro atoms. The van der Waals surface area contributed by atoms with Crippen LogP contribution in [0.1, 0.15) is 61.1 Å². The van der Waals surface area contributed by atoms with Crippen molar-refractivity contribution < 1.29 is 22.1 Å². The van der Waals surface area contributed by atoms with Crippen LogP contribution < -0.4 is 4.74 Å². The van der Waals surface area contributed by atoms with Crippen LogP contribution in [0.15, 0.2) is 0 Å². The summed E-state index contributed by atoms with van der Waals surface area (Å²) in [5.41, 5.74) is 1.03. The van der Waals surface area contributed by atoms with E-state index in [1.165, 1.54) is 0 Å². The Hall–Kier alpha value is -0.213. The second-order valence-electron chi connectivity index (χ2n) is 10.9. The van der Waals surface area contributed by atoms with Gasteiger partial charge in [-0.3, -0.25) is 14.1 Å². The lowest BCUT2D eigenvalue weighted by Gasteiger charge is -2.36. The van der Waals surface area contributed by atoms with E-state index in [4.69, 9.17) is 14.3 Å². The third kappa shape index (κ3) is 10.1. The zero-order valence-corrected chi connectivity index (χ0v) is 25.9. The number of ether oxygens (including phenoxy) is 1. The summed E-state index contributed by atoms with van der Waals surface area (Å²) in [7, 11) is -5.88. The van der Waals surface area contributed by atoms with Gasteiger partial charge in [0.05, 0.1) is 34.3 Å². The van der Waals surface area contributed by atoms with E-state index in [-0.39, 0.29) is 28.9 Å². The number of halogens is 1. The zero-order valence-electron chi connectivity index (χ0n) is 22.0. The Morgan fingerprint density at radius 1 is 1.18 bits per heavy atom. The van der Waals surface area contributed by atoms with Gasteiger partial charge >= 0.3 is 0 Å². The van der Waals surface area contributed by atoms with Crippen molar-refractivity contribution in [3.63, 3.8) is 0 Å². The minimum absolute atomic E-state index is 0.00850. The molecule has 8 nitrogen and oxygen atoms in total. The van der Waals surface area contributed by atoms with Crippen LogP contribution in [0.2, 0.25) is 18.1 Å². The van der Waals surface area contributed by atoms with Crippen molar-refractivity contribution in [1.29, 1.82) is 0 Å². The monoisotopic (exact) mass is 617 g/mol. The van der Waals surface area contributed by atoms with Crippen LogP contribution >= 0.6 is 22.6 Å². The predicted molar refractivity (Wildman–Crippen MR) is 145 cm³/mol. The van der Waals surface area contributed by atoms with Gasteiger partial charge in [0.2, 0.25) is 5.88 Å². The molecule has 0 aliphatic heterocycles. The van der Waals surface area contributed by atoms with Crippen molar-refractivity contribution in [3.8, 4) is 5.88 Å². The van der Waals surface area contributed by atoms with Gasteiger partial charge in [-0.25, -0.2) is 0 Å². The molecular weight excluding hydrogens is 573 g/mol. The minimum Gasteiger partial charge on any atom is -0.473 e. The molecule has 11 heteroatoms. The van der Waals surface area contributed by atoms with Gasteiger partial charge < -0.3 is 9.16 Å². The van der Waals surface area contributed by atoms with Crippen molar-refractivity contribution >= 4 is 41.0 Å². The fraction of sp³-hybridized carbons (Fsp3) is 0.864. The second kappa shape index (κ2) is 12.2. The highest BCUT2D eigenvalue weighted by molar-refractivity contribution is 14.1. The van der Waals surface area contributed by atoms with Crippen LogP contribution in [0.5, 0.6) is 5.88 Å². The largest absolute Gasteiger partial charge is 0.473 e. The zero-order chi connectivity index (χ0) is 25.8. The fourth-order valence-electron chi connectivity index (χ4n) is 3.15. The number of hydrogen-bond donors (Lipinski definition) is 1. The summed E-state index contributed by atoms with van der Waals surface area (Å²) in [6.45, 7) is 23.5. The van der Waals surface area contributed by atoms with E-state index in [0.29, 0.717) is 32.1 Å². The Labute approximate surface area is 215 Å². The van der Waals surface area contributed by atoms with Crippen molar-refractivity contribution in [2.45, 2.75) is 98.8 Å². The van der Waals surface area contributed by atoms with E-state index in [1.807, 2.05) is 25.5 Å². The minimum atomic E-state index is -4.01. The maximum atomic E-state index is 11.3. The molecular formula is C22H44IN3O5SSi. The lowest BCUT2D eigenvalue weighted by atomic mass is 10.1. The first-order valence-electron chi connectivity index (χ1n) is 11.6. The summed E-state index contributed by atoms with van der Waals surface area (Å²) >= 11 is 2.29. The van der Waals surface area contributed by atoms with Crippen LogP contribution in [0.3, 0.4) is 0 Å². The molecule has 1 aromatic heterocycles. The van der Waals surface area contributed by atoms with E-state index in [9.17, 15) is 13.0 Å². The Balaban J connectivity index is 3.13. The van der Waals surface area contributed by atoms with Crippen molar-refractivity contribution in [1.82, 2.24) is 14.7 Å². The standard InChI is InChI=1S/C22H44IN3O5SSi/c1-16(2)25(13-18(5)15-32(27,28)29)14-19-20(23)21(31-17(3)4)24-26(19)11-12-30-33(9,10)22(6,7)8/h16-18H,11-15H2,1-10H3,(H,27,28,29)/t18-/m0/s1. The van der Waals surface area contributed by atoms with E-state index >= 15 is 0 Å². The van der Waals surface area contributed by atoms with Gasteiger partial charge in [0, 0.05) is 19.1 Å². The number of rotatable bonds is 13. The molecule has 1 aromatic rings. The summed E-state index contributed by atoms with van der Waals surface area (Å²) in [6.07, 6.45) is 0.00850. The second-order valence-corrected chi connectivity index (χ2v) is 18.3. The quantitative estimate of drug-likeness (QED) is 0.189. The molecule has 1 N–H and O–H groups in total. The number of nitrogens with zero attached hydrogens (tertiary/aromatic N) is 3. The highest BCUT2D eigenvalue weighted by Crippen LogP contribution is 2.36. The molecule has 0 saturated carbocycles. The smallest absolute Gasteiger partial charge is 0.265 e. The number of aromatic nitrogens is 2. The van der Waals surface area contributed by atoms with Crippen LogP contribution in [0.4, 0.5) is 0 Å². The molecule has 0 amide bonds. The topological polar surface area (TPSA) is 93.9 Å².